The summed E-state index contributed by atoms with van der Waals surface area (Å²) in [6.07, 6.45) is 0. The van der Waals surface area contributed by atoms with Gasteiger partial charge in [0.2, 0.25) is 0 Å². The van der Waals surface area contributed by atoms with Crippen molar-refractivity contribution in [1.82, 2.24) is 0 Å². The first kappa shape index (κ1) is 22.4. The molecule has 7 heavy (non-hydrogen) atoms. The standard InChI is InChI=1S/BH3O3.Ce.Na.Sr.3H/c2-1(3)4;;;;;;/h2-4H;;;;;;. The molecule has 0 bridgehead atoms. The van der Waals surface area contributed by atoms with E-state index in [9.17, 15) is 0 Å². The van der Waals surface area contributed by atoms with Crippen LogP contribution in [0.15, 0.2) is 0 Å². The van der Waals surface area contributed by atoms with Crippen molar-refractivity contribution in [2.75, 3.05) is 0 Å². The monoisotopic (exact) mass is 316 g/mol. The summed E-state index contributed by atoms with van der Waals surface area (Å²) < 4.78 is 0. The molecule has 0 aliphatic carbocycles. The fourth-order valence-electron chi connectivity index (χ4n) is 0. The molecule has 0 aliphatic rings. The third kappa shape index (κ3) is 41.3. The second kappa shape index (κ2) is 16.4. The van der Waals surface area contributed by atoms with Crippen LogP contribution in [0.5, 0.6) is 0 Å². The molecule has 34 valence electrons. The van der Waals surface area contributed by atoms with Gasteiger partial charge in [0.1, 0.15) is 0 Å². The van der Waals surface area contributed by atoms with E-state index < -0.39 is 7.32 Å². The summed E-state index contributed by atoms with van der Waals surface area (Å²) >= 11 is 0. The van der Waals surface area contributed by atoms with E-state index in [4.69, 9.17) is 15.1 Å². The SMILES string of the molecule is OB(O)O.[Ce].[NaH].[SrH2]. The molecule has 0 heterocycles. The zero-order valence-corrected chi connectivity index (χ0v) is 5.56. The Balaban J connectivity index is -0.0000000150. The van der Waals surface area contributed by atoms with Crippen molar-refractivity contribution in [1.29, 1.82) is 0 Å². The molecule has 0 aliphatic heterocycles. The molecule has 0 aromatic carbocycles. The van der Waals surface area contributed by atoms with Gasteiger partial charge in [-0.1, -0.05) is 0 Å². The maximum atomic E-state index is 7.17. The van der Waals surface area contributed by atoms with Crippen molar-refractivity contribution in [3.8, 4) is 0 Å². The Morgan fingerprint density at radius 1 is 1.00 bits per heavy atom. The first-order valence-electron chi connectivity index (χ1n) is 0.775. The Labute approximate surface area is 135 Å². The van der Waals surface area contributed by atoms with Crippen molar-refractivity contribution < 1.29 is 56.8 Å². The molecule has 0 atom stereocenters. The van der Waals surface area contributed by atoms with Crippen molar-refractivity contribution in [2.24, 2.45) is 0 Å². The molecule has 0 spiro atoms. The third-order valence-electron chi connectivity index (χ3n) is 0. The van der Waals surface area contributed by atoms with Crippen LogP contribution in [0.4, 0.5) is 0 Å². The van der Waals surface area contributed by atoms with Crippen LogP contribution in [-0.4, -0.2) is 97.4 Å². The molecule has 0 amide bonds. The topological polar surface area (TPSA) is 60.7 Å². The minimum absolute atomic E-state index is 0. The molecule has 3 N–H and O–H groups in total. The van der Waals surface area contributed by atoms with Gasteiger partial charge in [0.05, 0.1) is 0 Å². The second-order valence-corrected chi connectivity index (χ2v) is 0.346. The van der Waals surface area contributed by atoms with Gasteiger partial charge in [-0.05, 0) is 0 Å². The van der Waals surface area contributed by atoms with Crippen LogP contribution in [0.1, 0.15) is 0 Å². The third-order valence-corrected chi connectivity index (χ3v) is 0. The van der Waals surface area contributed by atoms with Crippen LogP contribution >= 0.6 is 0 Å². The van der Waals surface area contributed by atoms with Gasteiger partial charge in [-0.15, -0.1) is 0 Å². The molecular formula is H6BCeNaO3Sr. The average molecular weight is 316 g/mol. The molecule has 0 radical (unpaired) electrons. The fraction of sp³-hybridized carbons (Fsp3) is 0. The van der Waals surface area contributed by atoms with Crippen molar-refractivity contribution in [3.05, 3.63) is 0 Å². The molecule has 7 heteroatoms. The average Bonchev–Trinajstić information content (AvgIpc) is 0.811. The number of hydrogen-bond donors (Lipinski definition) is 3. The van der Waals surface area contributed by atoms with E-state index in [1.165, 1.54) is 0 Å². The molecule has 0 rings (SSSR count). The van der Waals surface area contributed by atoms with E-state index in [0.29, 0.717) is 0 Å². The van der Waals surface area contributed by atoms with Gasteiger partial charge in [0.25, 0.3) is 0 Å². The normalized spacial score (nSPS) is 3.86. The number of hydrogen-bond acceptors (Lipinski definition) is 3. The van der Waals surface area contributed by atoms with Gasteiger partial charge in [-0.3, -0.25) is 0 Å². The summed E-state index contributed by atoms with van der Waals surface area (Å²) in [5.74, 6) is 0. The van der Waals surface area contributed by atoms with Crippen LogP contribution in [-0.2, 0) is 0 Å². The van der Waals surface area contributed by atoms with Gasteiger partial charge in [0.15, 0.2) is 0 Å². The quantitative estimate of drug-likeness (QED) is 0.405. The fourth-order valence-corrected chi connectivity index (χ4v) is 0. The van der Waals surface area contributed by atoms with Crippen LogP contribution in [0.2, 0.25) is 0 Å². The predicted molar refractivity (Wildman–Crippen MR) is 28.1 cm³/mol. The van der Waals surface area contributed by atoms with Crippen molar-refractivity contribution in [3.63, 3.8) is 0 Å². The first-order valence-corrected chi connectivity index (χ1v) is 0.775. The zero-order valence-electron chi connectivity index (χ0n) is 2.42. The molecule has 0 saturated heterocycles. The van der Waals surface area contributed by atoms with Crippen LogP contribution < -0.4 is 0 Å². The summed E-state index contributed by atoms with van der Waals surface area (Å²) in [6.45, 7) is 0. The summed E-state index contributed by atoms with van der Waals surface area (Å²) in [5, 5.41) is 21.5. The van der Waals surface area contributed by atoms with Gasteiger partial charge in [-0.25, -0.2) is 0 Å². The van der Waals surface area contributed by atoms with Crippen LogP contribution in [0, 0.1) is 41.7 Å². The maximum absolute atomic E-state index is 7.17. The van der Waals surface area contributed by atoms with Crippen molar-refractivity contribution >= 4 is 82.4 Å². The van der Waals surface area contributed by atoms with E-state index in [0.717, 1.165) is 0 Å². The Morgan fingerprint density at radius 3 is 1.00 bits per heavy atom. The summed E-state index contributed by atoms with van der Waals surface area (Å²) in [6, 6.07) is 0. The summed E-state index contributed by atoms with van der Waals surface area (Å²) in [4.78, 5) is 0. The number of rotatable bonds is 0. The molecular weight excluding hydrogens is 310 g/mol. The summed E-state index contributed by atoms with van der Waals surface area (Å²) in [5.41, 5.74) is 0. The Kier molecular flexibility index (Phi) is 52.6. The zero-order chi connectivity index (χ0) is 3.58. The molecule has 0 aromatic heterocycles. The van der Waals surface area contributed by atoms with Crippen LogP contribution in [0.25, 0.3) is 0 Å². The van der Waals surface area contributed by atoms with E-state index >= 15 is 0 Å². The van der Waals surface area contributed by atoms with Gasteiger partial charge < -0.3 is 15.1 Å². The van der Waals surface area contributed by atoms with E-state index in [2.05, 4.69) is 0 Å². The van der Waals surface area contributed by atoms with E-state index in [1.54, 1.807) is 0 Å². The van der Waals surface area contributed by atoms with Crippen LogP contribution in [0.3, 0.4) is 0 Å². The second-order valence-electron chi connectivity index (χ2n) is 0.346. The van der Waals surface area contributed by atoms with Crippen molar-refractivity contribution in [2.45, 2.75) is 0 Å². The minimum atomic E-state index is -2.17. The predicted octanol–water partition coefficient (Wildman–Crippen LogP) is -3.62. The first-order chi connectivity index (χ1) is 1.73. The van der Waals surface area contributed by atoms with E-state index in [1.807, 2.05) is 0 Å². The molecule has 0 saturated carbocycles. The van der Waals surface area contributed by atoms with Gasteiger partial charge >= 0.3 is 82.4 Å². The Hall–Kier alpha value is 3.80. The molecule has 0 fully saturated rings. The Morgan fingerprint density at radius 2 is 1.00 bits per heavy atom. The van der Waals surface area contributed by atoms with E-state index in [-0.39, 0.29) is 117 Å². The Bertz CT molecular complexity index is 19.7. The summed E-state index contributed by atoms with van der Waals surface area (Å²) in [7, 11) is -2.17. The molecule has 0 unspecified atom stereocenters. The molecule has 3 nitrogen and oxygen atoms in total. The molecule has 0 aromatic rings. The van der Waals surface area contributed by atoms with Gasteiger partial charge in [0, 0.05) is 41.7 Å². The van der Waals surface area contributed by atoms with Gasteiger partial charge in [-0.2, -0.15) is 0 Å².